The molecule has 5 nitrogen and oxygen atoms in total. The fourth-order valence-corrected chi connectivity index (χ4v) is 1.63. The smallest absolute Gasteiger partial charge is 0.220 e. The maximum atomic E-state index is 11.4. The summed E-state index contributed by atoms with van der Waals surface area (Å²) in [4.78, 5) is 15.4. The molecule has 0 saturated heterocycles. The third-order valence-electron chi connectivity index (χ3n) is 2.78. The van der Waals surface area contributed by atoms with Gasteiger partial charge in [0, 0.05) is 25.2 Å². The molecule has 0 bridgehead atoms. The van der Waals surface area contributed by atoms with Crippen molar-refractivity contribution in [2.45, 2.75) is 31.7 Å². The first-order valence-electron chi connectivity index (χ1n) is 6.17. The van der Waals surface area contributed by atoms with Crippen molar-refractivity contribution in [2.24, 2.45) is 0 Å². The number of pyridine rings is 1. The van der Waals surface area contributed by atoms with E-state index in [0.717, 1.165) is 24.9 Å². The minimum Gasteiger partial charge on any atom is -0.383 e. The van der Waals surface area contributed by atoms with Crippen LogP contribution >= 0.6 is 0 Å². The standard InChI is InChI=1S/C13H16N4O/c14-8-10-5-7-15-9-12(10)16-6-1-2-13(18)17-11-3-4-11/h5,7,9,11,16H,1-4,6H2,(H,17,18). The highest BCUT2D eigenvalue weighted by Gasteiger charge is 2.22. The van der Waals surface area contributed by atoms with Crippen LogP contribution in [0.3, 0.4) is 0 Å². The van der Waals surface area contributed by atoms with Crippen LogP contribution in [0.4, 0.5) is 5.69 Å². The molecule has 1 aliphatic carbocycles. The number of hydrogen-bond acceptors (Lipinski definition) is 4. The minimum atomic E-state index is 0.117. The van der Waals surface area contributed by atoms with Crippen LogP contribution in [0.25, 0.3) is 0 Å². The summed E-state index contributed by atoms with van der Waals surface area (Å²) in [6, 6.07) is 4.19. The highest BCUT2D eigenvalue weighted by molar-refractivity contribution is 5.76. The molecule has 2 rings (SSSR count). The Bertz CT molecular complexity index is 462. The van der Waals surface area contributed by atoms with Gasteiger partial charge in [-0.2, -0.15) is 5.26 Å². The lowest BCUT2D eigenvalue weighted by Gasteiger charge is -2.07. The Kier molecular flexibility index (Phi) is 4.13. The summed E-state index contributed by atoms with van der Waals surface area (Å²) in [5, 5.41) is 15.0. The lowest BCUT2D eigenvalue weighted by atomic mass is 10.2. The van der Waals surface area contributed by atoms with Crippen molar-refractivity contribution < 1.29 is 4.79 Å². The molecular formula is C13H16N4O. The number of hydrogen-bond donors (Lipinski definition) is 2. The Morgan fingerprint density at radius 1 is 1.56 bits per heavy atom. The molecule has 1 aromatic heterocycles. The maximum absolute atomic E-state index is 11.4. The molecular weight excluding hydrogens is 228 g/mol. The Morgan fingerprint density at radius 3 is 3.11 bits per heavy atom. The van der Waals surface area contributed by atoms with Gasteiger partial charge in [-0.05, 0) is 25.3 Å². The van der Waals surface area contributed by atoms with E-state index < -0.39 is 0 Å². The van der Waals surface area contributed by atoms with Crippen LogP contribution in [0.1, 0.15) is 31.2 Å². The lowest BCUT2D eigenvalue weighted by molar-refractivity contribution is -0.121. The normalized spacial score (nSPS) is 13.7. The van der Waals surface area contributed by atoms with E-state index in [2.05, 4.69) is 21.7 Å². The second-order valence-corrected chi connectivity index (χ2v) is 4.41. The van der Waals surface area contributed by atoms with Gasteiger partial charge in [0.05, 0.1) is 17.4 Å². The Morgan fingerprint density at radius 2 is 2.39 bits per heavy atom. The molecule has 94 valence electrons. The van der Waals surface area contributed by atoms with E-state index in [1.807, 2.05) is 0 Å². The highest BCUT2D eigenvalue weighted by Crippen LogP contribution is 2.18. The number of carbonyl (C=O) groups excluding carboxylic acids is 1. The molecule has 1 amide bonds. The van der Waals surface area contributed by atoms with Gasteiger partial charge in [-0.25, -0.2) is 0 Å². The van der Waals surface area contributed by atoms with Gasteiger partial charge in [0.25, 0.3) is 0 Å². The number of nitriles is 1. The SMILES string of the molecule is N#Cc1ccncc1NCCCC(=O)NC1CC1. The number of aromatic nitrogens is 1. The second-order valence-electron chi connectivity index (χ2n) is 4.41. The van der Waals surface area contributed by atoms with Crippen LogP contribution in [0, 0.1) is 11.3 Å². The van der Waals surface area contributed by atoms with Crippen LogP contribution in [-0.4, -0.2) is 23.5 Å². The number of carbonyl (C=O) groups is 1. The quantitative estimate of drug-likeness (QED) is 0.742. The van der Waals surface area contributed by atoms with E-state index in [9.17, 15) is 4.79 Å². The molecule has 0 unspecified atom stereocenters. The Labute approximate surface area is 106 Å². The van der Waals surface area contributed by atoms with Gasteiger partial charge in [-0.15, -0.1) is 0 Å². The van der Waals surface area contributed by atoms with E-state index in [1.165, 1.54) is 0 Å². The average Bonchev–Trinajstić information content (AvgIpc) is 3.19. The van der Waals surface area contributed by atoms with Gasteiger partial charge in [-0.1, -0.05) is 0 Å². The summed E-state index contributed by atoms with van der Waals surface area (Å²) in [6.45, 7) is 0.665. The van der Waals surface area contributed by atoms with Crippen LogP contribution < -0.4 is 10.6 Å². The Balaban J connectivity index is 1.68. The van der Waals surface area contributed by atoms with E-state index in [1.54, 1.807) is 18.5 Å². The van der Waals surface area contributed by atoms with Gasteiger partial charge >= 0.3 is 0 Å². The molecule has 18 heavy (non-hydrogen) atoms. The number of amides is 1. The number of nitrogens with one attached hydrogen (secondary N) is 2. The summed E-state index contributed by atoms with van der Waals surface area (Å²) in [7, 11) is 0. The van der Waals surface area contributed by atoms with Crippen molar-refractivity contribution >= 4 is 11.6 Å². The zero-order valence-electron chi connectivity index (χ0n) is 10.1. The maximum Gasteiger partial charge on any atom is 0.220 e. The van der Waals surface area contributed by atoms with Gasteiger partial charge in [-0.3, -0.25) is 9.78 Å². The molecule has 0 radical (unpaired) electrons. The predicted molar refractivity (Wildman–Crippen MR) is 67.8 cm³/mol. The first-order valence-corrected chi connectivity index (χ1v) is 6.17. The van der Waals surface area contributed by atoms with Crippen molar-refractivity contribution in [1.29, 1.82) is 5.26 Å². The molecule has 0 spiro atoms. The van der Waals surface area contributed by atoms with E-state index in [-0.39, 0.29) is 5.91 Å². The van der Waals surface area contributed by atoms with Gasteiger partial charge < -0.3 is 10.6 Å². The molecule has 1 heterocycles. The predicted octanol–water partition coefficient (Wildman–Crippen LogP) is 1.42. The van der Waals surface area contributed by atoms with E-state index in [0.29, 0.717) is 24.6 Å². The first-order chi connectivity index (χ1) is 8.79. The van der Waals surface area contributed by atoms with Gasteiger partial charge in [0.2, 0.25) is 5.91 Å². The molecule has 5 heteroatoms. The van der Waals surface area contributed by atoms with Crippen molar-refractivity contribution in [1.82, 2.24) is 10.3 Å². The van der Waals surface area contributed by atoms with Gasteiger partial charge in [0.15, 0.2) is 0 Å². The van der Waals surface area contributed by atoms with Crippen LogP contribution in [0.5, 0.6) is 0 Å². The van der Waals surface area contributed by atoms with Crippen molar-refractivity contribution in [3.63, 3.8) is 0 Å². The zero-order chi connectivity index (χ0) is 12.8. The molecule has 1 aliphatic rings. The monoisotopic (exact) mass is 244 g/mol. The summed E-state index contributed by atoms with van der Waals surface area (Å²) in [6.07, 6.45) is 6.72. The second kappa shape index (κ2) is 6.01. The average molecular weight is 244 g/mol. The first kappa shape index (κ1) is 12.4. The molecule has 0 aliphatic heterocycles. The largest absolute Gasteiger partial charge is 0.383 e. The van der Waals surface area contributed by atoms with E-state index >= 15 is 0 Å². The molecule has 2 N–H and O–H groups in total. The number of rotatable bonds is 6. The summed E-state index contributed by atoms with van der Waals surface area (Å²) in [5.74, 6) is 0.117. The fourth-order valence-electron chi connectivity index (χ4n) is 1.63. The van der Waals surface area contributed by atoms with Crippen LogP contribution in [0.2, 0.25) is 0 Å². The molecule has 1 fully saturated rings. The zero-order valence-corrected chi connectivity index (χ0v) is 10.1. The third kappa shape index (κ3) is 3.74. The summed E-state index contributed by atoms with van der Waals surface area (Å²) >= 11 is 0. The van der Waals surface area contributed by atoms with Crippen LogP contribution in [0.15, 0.2) is 18.5 Å². The topological polar surface area (TPSA) is 77.8 Å². The van der Waals surface area contributed by atoms with E-state index in [4.69, 9.17) is 5.26 Å². The highest BCUT2D eigenvalue weighted by atomic mass is 16.1. The Hall–Kier alpha value is -2.09. The fraction of sp³-hybridized carbons (Fsp3) is 0.462. The molecule has 1 aromatic rings. The van der Waals surface area contributed by atoms with Crippen molar-refractivity contribution in [2.75, 3.05) is 11.9 Å². The van der Waals surface area contributed by atoms with Crippen molar-refractivity contribution in [3.05, 3.63) is 24.0 Å². The minimum absolute atomic E-state index is 0.117. The number of nitrogens with zero attached hydrogens (tertiary/aromatic N) is 2. The molecule has 0 atom stereocenters. The van der Waals surface area contributed by atoms with Crippen LogP contribution in [-0.2, 0) is 4.79 Å². The third-order valence-corrected chi connectivity index (χ3v) is 2.78. The summed E-state index contributed by atoms with van der Waals surface area (Å²) < 4.78 is 0. The molecule has 1 saturated carbocycles. The summed E-state index contributed by atoms with van der Waals surface area (Å²) in [5.41, 5.74) is 1.30. The number of anilines is 1. The molecule has 0 aromatic carbocycles. The van der Waals surface area contributed by atoms with Gasteiger partial charge in [0.1, 0.15) is 6.07 Å². The lowest BCUT2D eigenvalue weighted by Crippen LogP contribution is -2.25. The van der Waals surface area contributed by atoms with Crippen molar-refractivity contribution in [3.8, 4) is 6.07 Å².